The van der Waals surface area contributed by atoms with Crippen LogP contribution in [0.4, 0.5) is 0 Å². The summed E-state index contributed by atoms with van der Waals surface area (Å²) >= 11 is 0. The molecule has 0 bridgehead atoms. The third kappa shape index (κ3) is 5.55. The molecule has 1 saturated heterocycles. The van der Waals surface area contributed by atoms with Crippen molar-refractivity contribution < 1.29 is 27.9 Å². The predicted molar refractivity (Wildman–Crippen MR) is 95.2 cm³/mol. The molecule has 0 aliphatic carbocycles. The summed E-state index contributed by atoms with van der Waals surface area (Å²) in [5, 5.41) is 6.89. The lowest BCUT2D eigenvalue weighted by molar-refractivity contribution is -0.154. The second-order valence-electron chi connectivity index (χ2n) is 5.76. The van der Waals surface area contributed by atoms with Gasteiger partial charge in [0.2, 0.25) is 11.8 Å². The number of sulfone groups is 1. The van der Waals surface area contributed by atoms with Crippen LogP contribution in [0.25, 0.3) is 0 Å². The first-order valence-corrected chi connectivity index (χ1v) is 9.87. The fraction of sp³-hybridized carbons (Fsp3) is 0.471. The molecular formula is C17H24N2O6S. The highest BCUT2D eigenvalue weighted by Crippen LogP contribution is 2.15. The van der Waals surface area contributed by atoms with Gasteiger partial charge >= 0.3 is 0 Å². The molecule has 9 heteroatoms. The van der Waals surface area contributed by atoms with E-state index in [2.05, 4.69) is 0 Å². The average molecular weight is 384 g/mol. The molecule has 1 N–H and O–H groups in total. The molecule has 1 atom stereocenters. The van der Waals surface area contributed by atoms with Crippen LogP contribution in [0.5, 0.6) is 0 Å². The lowest BCUT2D eigenvalue weighted by Crippen LogP contribution is -2.59. The first-order valence-electron chi connectivity index (χ1n) is 8.22. The molecule has 0 unspecified atom stereocenters. The van der Waals surface area contributed by atoms with Crippen LogP contribution >= 0.6 is 0 Å². The third-order valence-electron chi connectivity index (χ3n) is 3.98. The maximum absolute atomic E-state index is 12.3. The summed E-state index contributed by atoms with van der Waals surface area (Å²) in [5.74, 6) is -0.508. The van der Waals surface area contributed by atoms with Crippen molar-refractivity contribution in [2.45, 2.75) is 31.2 Å². The van der Waals surface area contributed by atoms with E-state index in [1.54, 1.807) is 25.1 Å². The van der Waals surface area contributed by atoms with Gasteiger partial charge in [-0.15, -0.1) is 0 Å². The second kappa shape index (κ2) is 9.91. The van der Waals surface area contributed by atoms with Crippen molar-refractivity contribution in [3.63, 3.8) is 0 Å². The maximum Gasteiger partial charge on any atom is 0.290 e. The Hall–Kier alpha value is -2.42. The highest BCUT2D eigenvalue weighted by Gasteiger charge is 2.36. The number of carboxylic acid groups (broad SMARTS) is 1. The number of carbonyl (C=O) groups is 3. The average Bonchev–Trinajstić information content (AvgIpc) is 2.61. The molecule has 1 fully saturated rings. The second-order valence-corrected chi connectivity index (χ2v) is 7.87. The maximum atomic E-state index is 12.3. The largest absolute Gasteiger partial charge is 0.483 e. The zero-order valence-electron chi connectivity index (χ0n) is 14.9. The number of hydrogen-bond acceptors (Lipinski definition) is 5. The molecular weight excluding hydrogens is 360 g/mol. The topological polar surface area (TPSA) is 112 Å². The van der Waals surface area contributed by atoms with Crippen LogP contribution in [0.2, 0.25) is 0 Å². The molecule has 2 rings (SSSR count). The Morgan fingerprint density at radius 1 is 1.19 bits per heavy atom. The highest BCUT2D eigenvalue weighted by atomic mass is 32.2. The zero-order valence-corrected chi connectivity index (χ0v) is 15.7. The fourth-order valence-electron chi connectivity index (χ4n) is 2.69. The Bertz CT molecular complexity index is 720. The van der Waals surface area contributed by atoms with Crippen molar-refractivity contribution in [3.05, 3.63) is 30.3 Å². The Balaban J connectivity index is 0.00000105. The van der Waals surface area contributed by atoms with E-state index in [1.807, 2.05) is 6.92 Å². The minimum Gasteiger partial charge on any atom is -0.483 e. The van der Waals surface area contributed by atoms with E-state index in [0.717, 1.165) is 6.42 Å². The summed E-state index contributed by atoms with van der Waals surface area (Å²) in [6, 6.07) is 7.52. The molecule has 1 heterocycles. The molecule has 1 aliphatic rings. The van der Waals surface area contributed by atoms with Crippen LogP contribution in [-0.2, 0) is 24.2 Å². The number of piperazine rings is 1. The number of carbonyl (C=O) groups excluding carboxylic acids is 2. The van der Waals surface area contributed by atoms with E-state index in [9.17, 15) is 18.0 Å². The Kier molecular flexibility index (Phi) is 8.24. The van der Waals surface area contributed by atoms with E-state index in [-0.39, 0.29) is 42.0 Å². The molecule has 0 saturated carbocycles. The fourth-order valence-corrected chi connectivity index (χ4v) is 3.93. The number of nitrogens with zero attached hydrogens (tertiary/aromatic N) is 2. The quantitative estimate of drug-likeness (QED) is 0.720. The van der Waals surface area contributed by atoms with Gasteiger partial charge in [0.1, 0.15) is 6.04 Å². The van der Waals surface area contributed by atoms with E-state index < -0.39 is 15.9 Å². The van der Waals surface area contributed by atoms with Crippen molar-refractivity contribution >= 4 is 28.1 Å². The summed E-state index contributed by atoms with van der Waals surface area (Å²) in [4.78, 5) is 36.0. The Morgan fingerprint density at radius 3 is 2.31 bits per heavy atom. The van der Waals surface area contributed by atoms with Gasteiger partial charge in [0, 0.05) is 13.1 Å². The number of amides is 2. The predicted octanol–water partition coefficient (Wildman–Crippen LogP) is 0.630. The first kappa shape index (κ1) is 21.6. The highest BCUT2D eigenvalue weighted by molar-refractivity contribution is 7.91. The van der Waals surface area contributed by atoms with Gasteiger partial charge in [-0.3, -0.25) is 14.4 Å². The monoisotopic (exact) mass is 384 g/mol. The molecule has 0 radical (unpaired) electrons. The zero-order chi connectivity index (χ0) is 19.7. The molecule has 144 valence electrons. The molecule has 1 aromatic carbocycles. The summed E-state index contributed by atoms with van der Waals surface area (Å²) in [6.45, 7) is 3.95. The smallest absolute Gasteiger partial charge is 0.290 e. The van der Waals surface area contributed by atoms with Crippen molar-refractivity contribution in [2.75, 3.05) is 25.4 Å². The van der Waals surface area contributed by atoms with Gasteiger partial charge in [0.15, 0.2) is 9.84 Å². The Labute approximate surface area is 153 Å². The number of benzene rings is 1. The summed E-state index contributed by atoms with van der Waals surface area (Å²) in [7, 11) is -3.47. The molecule has 0 aromatic heterocycles. The third-order valence-corrected chi connectivity index (χ3v) is 5.69. The van der Waals surface area contributed by atoms with Gasteiger partial charge in [-0.2, -0.15) is 0 Å². The summed E-state index contributed by atoms with van der Waals surface area (Å²) in [5.41, 5.74) is 0. The molecule has 0 spiro atoms. The van der Waals surface area contributed by atoms with Gasteiger partial charge in [-0.25, -0.2) is 8.42 Å². The van der Waals surface area contributed by atoms with Crippen molar-refractivity contribution in [1.29, 1.82) is 0 Å². The van der Waals surface area contributed by atoms with E-state index in [1.165, 1.54) is 21.9 Å². The lowest BCUT2D eigenvalue weighted by Gasteiger charge is -2.38. The van der Waals surface area contributed by atoms with Gasteiger partial charge in [0.25, 0.3) is 6.47 Å². The van der Waals surface area contributed by atoms with Crippen LogP contribution in [0.1, 0.15) is 20.3 Å². The lowest BCUT2D eigenvalue weighted by atomic mass is 10.1. The van der Waals surface area contributed by atoms with Crippen LogP contribution in [0.15, 0.2) is 35.2 Å². The van der Waals surface area contributed by atoms with Crippen molar-refractivity contribution in [1.82, 2.24) is 9.80 Å². The summed E-state index contributed by atoms with van der Waals surface area (Å²) < 4.78 is 24.6. The van der Waals surface area contributed by atoms with Gasteiger partial charge in [-0.1, -0.05) is 25.1 Å². The first-order chi connectivity index (χ1) is 12.3. The molecule has 1 aliphatic heterocycles. The van der Waals surface area contributed by atoms with Crippen molar-refractivity contribution in [2.24, 2.45) is 0 Å². The molecule has 26 heavy (non-hydrogen) atoms. The van der Waals surface area contributed by atoms with Gasteiger partial charge in [0.05, 0.1) is 17.2 Å². The van der Waals surface area contributed by atoms with Crippen LogP contribution in [0, 0.1) is 0 Å². The molecule has 8 nitrogen and oxygen atoms in total. The van der Waals surface area contributed by atoms with Crippen LogP contribution < -0.4 is 0 Å². The molecule has 1 aromatic rings. The van der Waals surface area contributed by atoms with Gasteiger partial charge in [-0.05, 0) is 25.5 Å². The van der Waals surface area contributed by atoms with Crippen molar-refractivity contribution in [3.8, 4) is 0 Å². The Morgan fingerprint density at radius 2 is 1.77 bits per heavy atom. The van der Waals surface area contributed by atoms with Crippen LogP contribution in [0.3, 0.4) is 0 Å². The van der Waals surface area contributed by atoms with E-state index >= 15 is 0 Å². The number of rotatable bonds is 6. The van der Waals surface area contributed by atoms with E-state index in [0.29, 0.717) is 6.54 Å². The SMILES string of the molecule is CCCN1CC(=O)N(CCS(=O)(=O)c2ccccc2)[C@@H](C)C1=O.O=CO. The number of hydrogen-bond donors (Lipinski definition) is 1. The summed E-state index contributed by atoms with van der Waals surface area (Å²) in [6.07, 6.45) is 0.786. The van der Waals surface area contributed by atoms with Gasteiger partial charge < -0.3 is 14.9 Å². The minimum absolute atomic E-state index is 0.0302. The minimum atomic E-state index is -3.47. The molecule has 2 amide bonds. The van der Waals surface area contributed by atoms with Crippen LogP contribution in [-0.4, -0.2) is 73.0 Å². The van der Waals surface area contributed by atoms with E-state index in [4.69, 9.17) is 9.90 Å². The standard InChI is InChI=1S/C16H22N2O4S.CH2O2/c1-3-9-17-12-15(19)18(13(2)16(17)20)10-11-23(21,22)14-7-5-4-6-8-14;2-1-3/h4-8,13H,3,9-12H2,1-2H3;1H,(H,2,3)/t13-;/m0./s1. The normalized spacial score (nSPS) is 17.5.